The summed E-state index contributed by atoms with van der Waals surface area (Å²) >= 11 is 0. The summed E-state index contributed by atoms with van der Waals surface area (Å²) in [5.41, 5.74) is 2.35. The molecule has 0 unspecified atom stereocenters. The molecule has 7 heteroatoms. The molecular weight excluding hydrogens is 344 g/mol. The second-order valence-corrected chi connectivity index (χ2v) is 5.79. The van der Waals surface area contributed by atoms with E-state index in [0.717, 1.165) is 5.56 Å². The number of aromatic carboxylic acids is 1. The first-order valence-electron chi connectivity index (χ1n) is 8.14. The summed E-state index contributed by atoms with van der Waals surface area (Å²) in [5.74, 6) is -0.666. The molecule has 7 nitrogen and oxygen atoms in total. The van der Waals surface area contributed by atoms with Gasteiger partial charge in [-0.2, -0.15) is 0 Å². The standard InChI is InChI=1S/C20H14N4O3/c25-16-9-5-4-8-15(16)22-23-19-18(13-6-2-1-3-7-13)21-17-11-10-14(20(26)27)12-24(17)19/h1-12,25H,(H,26,27). The number of azo groups is 1. The maximum absolute atomic E-state index is 11.3. The zero-order chi connectivity index (χ0) is 18.8. The van der Waals surface area contributed by atoms with Crippen molar-refractivity contribution in [3.8, 4) is 17.0 Å². The van der Waals surface area contributed by atoms with E-state index < -0.39 is 5.97 Å². The first-order chi connectivity index (χ1) is 13.1. The lowest BCUT2D eigenvalue weighted by Crippen LogP contribution is -1.98. The summed E-state index contributed by atoms with van der Waals surface area (Å²) in [6, 6.07) is 19.1. The second kappa shape index (κ2) is 6.72. The minimum absolute atomic E-state index is 0.00237. The number of carboxylic acids is 1. The van der Waals surface area contributed by atoms with Crippen molar-refractivity contribution in [2.45, 2.75) is 0 Å². The van der Waals surface area contributed by atoms with E-state index in [2.05, 4.69) is 15.2 Å². The van der Waals surface area contributed by atoms with Crippen molar-refractivity contribution in [3.63, 3.8) is 0 Å². The van der Waals surface area contributed by atoms with Gasteiger partial charge in [0.1, 0.15) is 22.8 Å². The van der Waals surface area contributed by atoms with Crippen LogP contribution in [0.4, 0.5) is 11.5 Å². The molecule has 132 valence electrons. The van der Waals surface area contributed by atoms with E-state index >= 15 is 0 Å². The highest BCUT2D eigenvalue weighted by Crippen LogP contribution is 2.34. The number of carboxylic acid groups (broad SMARTS) is 1. The van der Waals surface area contributed by atoms with Crippen molar-refractivity contribution in [1.29, 1.82) is 0 Å². The number of phenolic OH excluding ortho intramolecular Hbond substituents is 1. The number of fused-ring (bicyclic) bond motifs is 1. The van der Waals surface area contributed by atoms with Crippen LogP contribution in [0.1, 0.15) is 10.4 Å². The molecule has 0 bridgehead atoms. The number of nitrogens with zero attached hydrogens (tertiary/aromatic N) is 4. The van der Waals surface area contributed by atoms with Gasteiger partial charge in [-0.25, -0.2) is 9.78 Å². The van der Waals surface area contributed by atoms with Crippen molar-refractivity contribution in [2.75, 3.05) is 0 Å². The minimum Gasteiger partial charge on any atom is -0.506 e. The van der Waals surface area contributed by atoms with Gasteiger partial charge in [0.25, 0.3) is 0 Å². The molecule has 4 rings (SSSR count). The van der Waals surface area contributed by atoms with Crippen LogP contribution in [0, 0.1) is 0 Å². The topological polar surface area (TPSA) is 99.5 Å². The zero-order valence-corrected chi connectivity index (χ0v) is 14.0. The van der Waals surface area contributed by atoms with E-state index in [-0.39, 0.29) is 11.3 Å². The third kappa shape index (κ3) is 3.13. The third-order valence-electron chi connectivity index (χ3n) is 4.02. The Morgan fingerprint density at radius 1 is 0.926 bits per heavy atom. The number of para-hydroxylation sites is 1. The molecule has 2 aromatic carbocycles. The number of phenols is 1. The number of hydrogen-bond acceptors (Lipinski definition) is 5. The van der Waals surface area contributed by atoms with E-state index in [0.29, 0.717) is 22.8 Å². The van der Waals surface area contributed by atoms with Gasteiger partial charge >= 0.3 is 5.97 Å². The molecular formula is C20H14N4O3. The van der Waals surface area contributed by atoms with Gasteiger partial charge in [-0.3, -0.25) is 4.40 Å². The summed E-state index contributed by atoms with van der Waals surface area (Å²) < 4.78 is 1.58. The molecule has 0 spiro atoms. The average molecular weight is 358 g/mol. The molecule has 4 aromatic rings. The van der Waals surface area contributed by atoms with Crippen LogP contribution in [-0.4, -0.2) is 25.6 Å². The lowest BCUT2D eigenvalue weighted by molar-refractivity contribution is 0.0696. The summed E-state index contributed by atoms with van der Waals surface area (Å²) in [6.07, 6.45) is 1.45. The van der Waals surface area contributed by atoms with E-state index in [4.69, 9.17) is 0 Å². The van der Waals surface area contributed by atoms with E-state index in [1.165, 1.54) is 18.3 Å². The van der Waals surface area contributed by atoms with Gasteiger partial charge in [0, 0.05) is 11.8 Å². The van der Waals surface area contributed by atoms with Gasteiger partial charge in [0.2, 0.25) is 0 Å². The molecule has 0 amide bonds. The molecule has 2 aromatic heterocycles. The fourth-order valence-electron chi connectivity index (χ4n) is 2.69. The van der Waals surface area contributed by atoms with Crippen LogP contribution in [0.3, 0.4) is 0 Å². The van der Waals surface area contributed by atoms with Crippen LogP contribution >= 0.6 is 0 Å². The van der Waals surface area contributed by atoms with Gasteiger partial charge in [-0.05, 0) is 24.3 Å². The molecule has 27 heavy (non-hydrogen) atoms. The normalized spacial score (nSPS) is 11.3. The molecule has 2 N–H and O–H groups in total. The van der Waals surface area contributed by atoms with Crippen LogP contribution in [0.25, 0.3) is 16.9 Å². The van der Waals surface area contributed by atoms with E-state index in [1.54, 1.807) is 28.7 Å². The monoisotopic (exact) mass is 358 g/mol. The largest absolute Gasteiger partial charge is 0.506 e. The number of carbonyl (C=O) groups is 1. The Kier molecular flexibility index (Phi) is 4.10. The zero-order valence-electron chi connectivity index (χ0n) is 14.0. The number of aromatic hydroxyl groups is 1. The Hall–Kier alpha value is -4.00. The maximum Gasteiger partial charge on any atom is 0.337 e. The van der Waals surface area contributed by atoms with Crippen molar-refractivity contribution in [1.82, 2.24) is 9.38 Å². The number of rotatable bonds is 4. The SMILES string of the molecule is O=C(O)c1ccc2nc(-c3ccccc3)c(N=Nc3ccccc3O)n2c1. The highest BCUT2D eigenvalue weighted by molar-refractivity contribution is 5.88. The van der Waals surface area contributed by atoms with E-state index in [1.807, 2.05) is 30.3 Å². The molecule has 0 aliphatic carbocycles. The van der Waals surface area contributed by atoms with Gasteiger partial charge in [-0.1, -0.05) is 42.5 Å². The first-order valence-corrected chi connectivity index (χ1v) is 8.14. The Bertz CT molecular complexity index is 1170. The molecule has 0 saturated heterocycles. The lowest BCUT2D eigenvalue weighted by atomic mass is 10.1. The maximum atomic E-state index is 11.3. The summed E-state index contributed by atoms with van der Waals surface area (Å²) in [6.45, 7) is 0. The number of benzene rings is 2. The Balaban J connectivity index is 1.93. The summed E-state index contributed by atoms with van der Waals surface area (Å²) in [7, 11) is 0. The molecule has 0 aliphatic rings. The number of hydrogen-bond donors (Lipinski definition) is 2. The van der Waals surface area contributed by atoms with Gasteiger partial charge in [-0.15, -0.1) is 10.2 Å². The fourth-order valence-corrected chi connectivity index (χ4v) is 2.69. The summed E-state index contributed by atoms with van der Waals surface area (Å²) in [4.78, 5) is 15.9. The van der Waals surface area contributed by atoms with Crippen LogP contribution < -0.4 is 0 Å². The van der Waals surface area contributed by atoms with Gasteiger partial charge in [0.05, 0.1) is 5.56 Å². The van der Waals surface area contributed by atoms with E-state index in [9.17, 15) is 15.0 Å². The molecule has 0 atom stereocenters. The van der Waals surface area contributed by atoms with Crippen molar-refractivity contribution >= 4 is 23.1 Å². The van der Waals surface area contributed by atoms with Crippen LogP contribution in [0.5, 0.6) is 5.75 Å². The van der Waals surface area contributed by atoms with Crippen molar-refractivity contribution in [2.24, 2.45) is 10.2 Å². The van der Waals surface area contributed by atoms with Gasteiger partial charge < -0.3 is 10.2 Å². The van der Waals surface area contributed by atoms with Crippen LogP contribution in [0.2, 0.25) is 0 Å². The number of pyridine rings is 1. The smallest absolute Gasteiger partial charge is 0.337 e. The number of aromatic nitrogens is 2. The Morgan fingerprint density at radius 3 is 2.41 bits per heavy atom. The highest BCUT2D eigenvalue weighted by atomic mass is 16.4. The molecule has 0 radical (unpaired) electrons. The quantitative estimate of drug-likeness (QED) is 0.511. The van der Waals surface area contributed by atoms with Crippen LogP contribution in [0.15, 0.2) is 83.2 Å². The summed E-state index contributed by atoms with van der Waals surface area (Å²) in [5, 5.41) is 27.6. The van der Waals surface area contributed by atoms with Gasteiger partial charge in [0.15, 0.2) is 5.82 Å². The van der Waals surface area contributed by atoms with Crippen molar-refractivity contribution < 1.29 is 15.0 Å². The first kappa shape index (κ1) is 16.5. The molecule has 0 saturated carbocycles. The minimum atomic E-state index is -1.05. The Labute approximate surface area is 153 Å². The fraction of sp³-hybridized carbons (Fsp3) is 0. The molecule has 2 heterocycles. The predicted molar refractivity (Wildman–Crippen MR) is 99.9 cm³/mol. The number of imidazole rings is 1. The third-order valence-corrected chi connectivity index (χ3v) is 4.02. The Morgan fingerprint density at radius 2 is 1.67 bits per heavy atom. The lowest BCUT2D eigenvalue weighted by Gasteiger charge is -2.01. The van der Waals surface area contributed by atoms with Crippen molar-refractivity contribution in [3.05, 3.63) is 78.5 Å². The highest BCUT2D eigenvalue weighted by Gasteiger charge is 2.16. The predicted octanol–water partition coefficient (Wildman–Crippen LogP) is 4.82. The molecule has 0 aliphatic heterocycles. The second-order valence-electron chi connectivity index (χ2n) is 5.79. The molecule has 0 fully saturated rings. The van der Waals surface area contributed by atoms with Crippen LogP contribution in [-0.2, 0) is 0 Å². The average Bonchev–Trinajstić information content (AvgIpc) is 3.06.